The number of aromatic carboxylic acids is 1. The van der Waals surface area contributed by atoms with Gasteiger partial charge in [0, 0.05) is 31.9 Å². The number of para-hydroxylation sites is 1. The summed E-state index contributed by atoms with van der Waals surface area (Å²) in [6.45, 7) is 3.03. The van der Waals surface area contributed by atoms with Gasteiger partial charge in [-0.3, -0.25) is 0 Å². The van der Waals surface area contributed by atoms with Crippen LogP contribution in [0.2, 0.25) is 0 Å². The number of halogens is 1. The summed E-state index contributed by atoms with van der Waals surface area (Å²) < 4.78 is 13.0. The maximum absolute atomic E-state index is 13.0. The van der Waals surface area contributed by atoms with Gasteiger partial charge < -0.3 is 14.9 Å². The van der Waals surface area contributed by atoms with E-state index in [0.717, 1.165) is 37.6 Å². The monoisotopic (exact) mass is 300 g/mol. The summed E-state index contributed by atoms with van der Waals surface area (Å²) in [6, 6.07) is 13.5. The van der Waals surface area contributed by atoms with E-state index < -0.39 is 5.97 Å². The van der Waals surface area contributed by atoms with Gasteiger partial charge in [0.05, 0.1) is 11.3 Å². The number of anilines is 2. The van der Waals surface area contributed by atoms with Crippen molar-refractivity contribution in [3.63, 3.8) is 0 Å². The van der Waals surface area contributed by atoms with Gasteiger partial charge in [-0.05, 0) is 36.4 Å². The van der Waals surface area contributed by atoms with E-state index in [1.54, 1.807) is 24.3 Å². The number of rotatable bonds is 3. The minimum atomic E-state index is -0.906. The molecule has 0 spiro atoms. The predicted molar refractivity (Wildman–Crippen MR) is 84.2 cm³/mol. The van der Waals surface area contributed by atoms with Crippen molar-refractivity contribution in [2.24, 2.45) is 0 Å². The summed E-state index contributed by atoms with van der Waals surface area (Å²) in [6.07, 6.45) is 0. The Kier molecular flexibility index (Phi) is 3.96. The second-order valence-electron chi connectivity index (χ2n) is 5.27. The zero-order valence-electron chi connectivity index (χ0n) is 12.1. The number of nitrogens with zero attached hydrogens (tertiary/aromatic N) is 2. The summed E-state index contributed by atoms with van der Waals surface area (Å²) in [4.78, 5) is 15.6. The summed E-state index contributed by atoms with van der Waals surface area (Å²) >= 11 is 0. The molecule has 4 nitrogen and oxygen atoms in total. The van der Waals surface area contributed by atoms with Crippen LogP contribution in [0.3, 0.4) is 0 Å². The van der Waals surface area contributed by atoms with Crippen LogP contribution >= 0.6 is 0 Å². The molecule has 0 atom stereocenters. The number of carboxylic acids is 1. The van der Waals surface area contributed by atoms with Gasteiger partial charge in [-0.2, -0.15) is 0 Å². The van der Waals surface area contributed by atoms with E-state index >= 15 is 0 Å². The lowest BCUT2D eigenvalue weighted by Crippen LogP contribution is -2.47. The first kappa shape index (κ1) is 14.4. The fourth-order valence-corrected chi connectivity index (χ4v) is 2.79. The van der Waals surface area contributed by atoms with Crippen LogP contribution in [0.25, 0.3) is 0 Å². The Morgan fingerprint density at radius 1 is 0.909 bits per heavy atom. The first-order valence-corrected chi connectivity index (χ1v) is 7.23. The molecule has 5 heteroatoms. The fraction of sp³-hybridized carbons (Fsp3) is 0.235. The van der Waals surface area contributed by atoms with Gasteiger partial charge in [-0.1, -0.05) is 12.1 Å². The Morgan fingerprint density at radius 3 is 2.14 bits per heavy atom. The number of carboxylic acid groups (broad SMARTS) is 1. The molecule has 1 saturated heterocycles. The molecule has 2 aromatic carbocycles. The van der Waals surface area contributed by atoms with Gasteiger partial charge in [0.2, 0.25) is 0 Å². The maximum Gasteiger partial charge on any atom is 0.337 e. The van der Waals surface area contributed by atoms with Crippen LogP contribution in [0.15, 0.2) is 48.5 Å². The average Bonchev–Trinajstić information content (AvgIpc) is 2.56. The van der Waals surface area contributed by atoms with Crippen molar-refractivity contribution in [3.8, 4) is 0 Å². The third kappa shape index (κ3) is 2.88. The molecular formula is C17H17FN2O2. The smallest absolute Gasteiger partial charge is 0.337 e. The van der Waals surface area contributed by atoms with E-state index in [1.807, 2.05) is 12.1 Å². The number of hydrogen-bond acceptors (Lipinski definition) is 3. The Balaban J connectivity index is 1.72. The van der Waals surface area contributed by atoms with Crippen molar-refractivity contribution in [2.75, 3.05) is 36.0 Å². The zero-order chi connectivity index (χ0) is 15.5. The van der Waals surface area contributed by atoms with Crippen LogP contribution in [0.1, 0.15) is 10.4 Å². The van der Waals surface area contributed by atoms with E-state index in [1.165, 1.54) is 12.1 Å². The van der Waals surface area contributed by atoms with Crippen molar-refractivity contribution in [1.82, 2.24) is 0 Å². The van der Waals surface area contributed by atoms with E-state index in [-0.39, 0.29) is 5.82 Å². The van der Waals surface area contributed by atoms with Crippen molar-refractivity contribution < 1.29 is 14.3 Å². The summed E-state index contributed by atoms with van der Waals surface area (Å²) in [7, 11) is 0. The highest BCUT2D eigenvalue weighted by Gasteiger charge is 2.21. The minimum absolute atomic E-state index is 0.238. The summed E-state index contributed by atoms with van der Waals surface area (Å²) in [5.41, 5.74) is 2.08. The predicted octanol–water partition coefficient (Wildman–Crippen LogP) is 2.85. The summed E-state index contributed by atoms with van der Waals surface area (Å²) in [5.74, 6) is -1.14. The standard InChI is InChI=1S/C17H17FN2O2/c18-13-5-7-14(8-6-13)19-9-11-20(12-10-19)16-4-2-1-3-15(16)17(21)22/h1-8H,9-12H2,(H,21,22). The Morgan fingerprint density at radius 2 is 1.50 bits per heavy atom. The molecule has 1 aliphatic heterocycles. The molecule has 0 aromatic heterocycles. The molecular weight excluding hydrogens is 283 g/mol. The minimum Gasteiger partial charge on any atom is -0.478 e. The Labute approximate surface area is 128 Å². The second-order valence-corrected chi connectivity index (χ2v) is 5.27. The van der Waals surface area contributed by atoms with Crippen LogP contribution in [-0.2, 0) is 0 Å². The summed E-state index contributed by atoms with van der Waals surface area (Å²) in [5, 5.41) is 9.28. The van der Waals surface area contributed by atoms with E-state index in [4.69, 9.17) is 0 Å². The molecule has 1 aliphatic rings. The molecule has 1 N–H and O–H groups in total. The van der Waals surface area contributed by atoms with Gasteiger partial charge in [0.25, 0.3) is 0 Å². The Bertz CT molecular complexity index is 665. The van der Waals surface area contributed by atoms with Crippen LogP contribution < -0.4 is 9.80 Å². The number of benzene rings is 2. The van der Waals surface area contributed by atoms with Crippen LogP contribution in [0.5, 0.6) is 0 Å². The van der Waals surface area contributed by atoms with Crippen LogP contribution in [-0.4, -0.2) is 37.3 Å². The molecule has 3 rings (SSSR count). The van der Waals surface area contributed by atoms with E-state index in [2.05, 4.69) is 9.80 Å². The highest BCUT2D eigenvalue weighted by molar-refractivity contribution is 5.94. The molecule has 0 amide bonds. The highest BCUT2D eigenvalue weighted by Crippen LogP contribution is 2.24. The lowest BCUT2D eigenvalue weighted by atomic mass is 10.1. The van der Waals surface area contributed by atoms with Crippen LogP contribution in [0, 0.1) is 5.82 Å². The first-order chi connectivity index (χ1) is 10.6. The molecule has 0 radical (unpaired) electrons. The molecule has 22 heavy (non-hydrogen) atoms. The lowest BCUT2D eigenvalue weighted by molar-refractivity contribution is 0.0697. The zero-order valence-corrected chi connectivity index (χ0v) is 12.1. The first-order valence-electron chi connectivity index (χ1n) is 7.23. The van der Waals surface area contributed by atoms with Gasteiger partial charge in [-0.25, -0.2) is 9.18 Å². The van der Waals surface area contributed by atoms with Crippen molar-refractivity contribution in [2.45, 2.75) is 0 Å². The molecule has 0 bridgehead atoms. The molecule has 0 saturated carbocycles. The molecule has 114 valence electrons. The third-order valence-corrected chi connectivity index (χ3v) is 3.95. The maximum atomic E-state index is 13.0. The number of piperazine rings is 1. The fourth-order valence-electron chi connectivity index (χ4n) is 2.79. The van der Waals surface area contributed by atoms with Crippen molar-refractivity contribution >= 4 is 17.3 Å². The topological polar surface area (TPSA) is 43.8 Å². The van der Waals surface area contributed by atoms with Crippen LogP contribution in [0.4, 0.5) is 15.8 Å². The van der Waals surface area contributed by atoms with E-state index in [0.29, 0.717) is 5.56 Å². The largest absolute Gasteiger partial charge is 0.478 e. The molecule has 0 unspecified atom stereocenters. The molecule has 0 aliphatic carbocycles. The average molecular weight is 300 g/mol. The highest BCUT2D eigenvalue weighted by atomic mass is 19.1. The number of hydrogen-bond donors (Lipinski definition) is 1. The third-order valence-electron chi connectivity index (χ3n) is 3.95. The SMILES string of the molecule is O=C(O)c1ccccc1N1CCN(c2ccc(F)cc2)CC1. The van der Waals surface area contributed by atoms with Gasteiger partial charge >= 0.3 is 5.97 Å². The van der Waals surface area contributed by atoms with Gasteiger partial charge in [0.1, 0.15) is 5.82 Å². The second kappa shape index (κ2) is 6.05. The normalized spacial score (nSPS) is 15.0. The molecule has 1 heterocycles. The quantitative estimate of drug-likeness (QED) is 0.946. The van der Waals surface area contributed by atoms with Gasteiger partial charge in [0.15, 0.2) is 0 Å². The Hall–Kier alpha value is -2.56. The van der Waals surface area contributed by atoms with E-state index in [9.17, 15) is 14.3 Å². The van der Waals surface area contributed by atoms with Gasteiger partial charge in [-0.15, -0.1) is 0 Å². The van der Waals surface area contributed by atoms with Crippen molar-refractivity contribution in [3.05, 3.63) is 59.9 Å². The number of carbonyl (C=O) groups is 1. The van der Waals surface area contributed by atoms with Crippen molar-refractivity contribution in [1.29, 1.82) is 0 Å². The molecule has 1 fully saturated rings. The lowest BCUT2D eigenvalue weighted by Gasteiger charge is -2.37. The molecule has 2 aromatic rings.